The molecule has 0 aliphatic carbocycles. The normalized spacial score (nSPS) is 19.4. The second-order valence-electron chi connectivity index (χ2n) is 8.67. The molecule has 2 heterocycles. The van der Waals surface area contributed by atoms with Crippen molar-refractivity contribution in [3.05, 3.63) is 65.9 Å². The Hall–Kier alpha value is -3.81. The number of amides is 1. The number of tetrazole rings is 1. The molecule has 1 unspecified atom stereocenters. The maximum absolute atomic E-state index is 13.4. The number of hydrogen-bond acceptors (Lipinski definition) is 6. The first kappa shape index (κ1) is 23.4. The van der Waals surface area contributed by atoms with Gasteiger partial charge in [0, 0.05) is 22.8 Å². The van der Waals surface area contributed by atoms with E-state index in [0.717, 1.165) is 35.1 Å². The fourth-order valence-corrected chi connectivity index (χ4v) is 4.25. The zero-order chi connectivity index (χ0) is 24.1. The molecule has 1 fully saturated rings. The van der Waals surface area contributed by atoms with Crippen LogP contribution in [-0.4, -0.2) is 44.0 Å². The van der Waals surface area contributed by atoms with Gasteiger partial charge in [0.1, 0.15) is 0 Å². The summed E-state index contributed by atoms with van der Waals surface area (Å²) in [5, 5.41) is 14.4. The molecule has 1 saturated heterocycles. The summed E-state index contributed by atoms with van der Waals surface area (Å²) in [6, 6.07) is 15.9. The topological polar surface area (TPSA) is 101 Å². The average Bonchev–Trinajstić information content (AvgIpc) is 3.39. The van der Waals surface area contributed by atoms with Crippen LogP contribution in [0, 0.1) is 5.41 Å². The van der Waals surface area contributed by atoms with Crippen LogP contribution in [0.5, 0.6) is 0 Å². The Kier molecular flexibility index (Phi) is 6.86. The monoisotopic (exact) mass is 459 g/mol. The fraction of sp³-hybridized carbons (Fsp3) is 0.346. The number of aromatic amines is 1. The van der Waals surface area contributed by atoms with Crippen molar-refractivity contribution in [1.82, 2.24) is 25.5 Å². The molecule has 0 spiro atoms. The highest BCUT2D eigenvalue weighted by molar-refractivity contribution is 5.88. The van der Waals surface area contributed by atoms with Crippen LogP contribution in [0.4, 0.5) is 0 Å². The lowest BCUT2D eigenvalue weighted by molar-refractivity contribution is -0.143. The summed E-state index contributed by atoms with van der Waals surface area (Å²) in [5.41, 5.74) is 4.13. The number of likely N-dealkylation sites (tertiary alicyclic amines) is 1. The third-order valence-electron chi connectivity index (χ3n) is 6.51. The van der Waals surface area contributed by atoms with Gasteiger partial charge >= 0.3 is 5.97 Å². The SMILES string of the molecule is CCOC(=O)C=C1CCC(C)(CC)C(=O)N1Cc1ccc(-c2ccccc2-c2nn[nH]n2)cc1. The van der Waals surface area contributed by atoms with Crippen LogP contribution in [0.25, 0.3) is 22.5 Å². The van der Waals surface area contributed by atoms with E-state index in [1.54, 1.807) is 11.8 Å². The van der Waals surface area contributed by atoms with Crippen LogP contribution in [0.1, 0.15) is 45.6 Å². The molecule has 1 amide bonds. The molecule has 4 rings (SSSR count). The van der Waals surface area contributed by atoms with Crippen molar-refractivity contribution < 1.29 is 14.3 Å². The molecular formula is C26H29N5O3. The van der Waals surface area contributed by atoms with Gasteiger partial charge in [0.25, 0.3) is 0 Å². The molecule has 8 nitrogen and oxygen atoms in total. The molecule has 1 aromatic heterocycles. The summed E-state index contributed by atoms with van der Waals surface area (Å²) in [6.07, 6.45) is 3.59. The number of H-pyrrole nitrogens is 1. The standard InChI is InChI=1S/C26H29N5O3/c1-4-26(3)15-14-20(16-23(32)34-5-2)31(25(26)33)17-18-10-12-19(13-11-18)21-8-6-7-9-22(21)24-27-29-30-28-24/h6-13,16H,4-5,14-15,17H2,1-3H3,(H,27,28,29,30). The van der Waals surface area contributed by atoms with Gasteiger partial charge in [0.2, 0.25) is 11.7 Å². The number of nitrogens with one attached hydrogen (secondary N) is 1. The van der Waals surface area contributed by atoms with Crippen LogP contribution >= 0.6 is 0 Å². The Morgan fingerprint density at radius 2 is 1.88 bits per heavy atom. The molecule has 0 radical (unpaired) electrons. The van der Waals surface area contributed by atoms with Gasteiger partial charge in [-0.25, -0.2) is 4.79 Å². The number of rotatable bonds is 7. The van der Waals surface area contributed by atoms with E-state index in [1.807, 2.05) is 62.4 Å². The molecule has 1 N–H and O–H groups in total. The zero-order valence-corrected chi connectivity index (χ0v) is 19.7. The first-order valence-corrected chi connectivity index (χ1v) is 11.6. The summed E-state index contributed by atoms with van der Waals surface area (Å²) in [5.74, 6) is 0.165. The number of ether oxygens (including phenoxy) is 1. The summed E-state index contributed by atoms with van der Waals surface area (Å²) in [7, 11) is 0. The van der Waals surface area contributed by atoms with Crippen LogP contribution in [0.15, 0.2) is 60.3 Å². The minimum absolute atomic E-state index is 0.0447. The third-order valence-corrected chi connectivity index (χ3v) is 6.51. The van der Waals surface area contributed by atoms with Gasteiger partial charge in [-0.2, -0.15) is 5.21 Å². The second kappa shape index (κ2) is 9.99. The van der Waals surface area contributed by atoms with Gasteiger partial charge in [-0.1, -0.05) is 62.4 Å². The van der Waals surface area contributed by atoms with Crippen molar-refractivity contribution in [3.63, 3.8) is 0 Å². The number of esters is 1. The molecule has 1 atom stereocenters. The number of allylic oxidation sites excluding steroid dienone is 1. The van der Waals surface area contributed by atoms with Crippen molar-refractivity contribution in [2.45, 2.75) is 46.6 Å². The van der Waals surface area contributed by atoms with Crippen LogP contribution in [0.2, 0.25) is 0 Å². The molecule has 34 heavy (non-hydrogen) atoms. The maximum atomic E-state index is 13.4. The van der Waals surface area contributed by atoms with E-state index < -0.39 is 11.4 Å². The quantitative estimate of drug-likeness (QED) is 0.412. The Bertz CT molecular complexity index is 1190. The number of piperidine rings is 1. The predicted molar refractivity (Wildman–Crippen MR) is 128 cm³/mol. The van der Waals surface area contributed by atoms with E-state index in [9.17, 15) is 9.59 Å². The number of carbonyl (C=O) groups excluding carboxylic acids is 2. The Morgan fingerprint density at radius 1 is 1.15 bits per heavy atom. The van der Waals surface area contributed by atoms with E-state index in [4.69, 9.17) is 4.74 Å². The average molecular weight is 460 g/mol. The molecule has 1 aliphatic rings. The van der Waals surface area contributed by atoms with Crippen molar-refractivity contribution in [1.29, 1.82) is 0 Å². The zero-order valence-electron chi connectivity index (χ0n) is 19.7. The molecule has 3 aromatic rings. The summed E-state index contributed by atoms with van der Waals surface area (Å²) >= 11 is 0. The van der Waals surface area contributed by atoms with Crippen molar-refractivity contribution in [2.75, 3.05) is 6.61 Å². The molecule has 8 heteroatoms. The van der Waals surface area contributed by atoms with E-state index in [0.29, 0.717) is 31.1 Å². The van der Waals surface area contributed by atoms with Crippen LogP contribution in [-0.2, 0) is 20.9 Å². The Balaban J connectivity index is 1.61. The molecule has 176 valence electrons. The predicted octanol–water partition coefficient (Wildman–Crippen LogP) is 4.52. The lowest BCUT2D eigenvalue weighted by atomic mass is 9.77. The van der Waals surface area contributed by atoms with Gasteiger partial charge in [-0.3, -0.25) is 4.79 Å². The molecule has 2 aromatic carbocycles. The maximum Gasteiger partial charge on any atom is 0.332 e. The number of nitrogens with zero attached hydrogens (tertiary/aromatic N) is 4. The lowest BCUT2D eigenvalue weighted by Crippen LogP contribution is -2.45. The first-order chi connectivity index (χ1) is 16.4. The fourth-order valence-electron chi connectivity index (χ4n) is 4.25. The van der Waals surface area contributed by atoms with Crippen molar-refractivity contribution in [3.8, 4) is 22.5 Å². The molecule has 1 aliphatic heterocycles. The molecule has 0 bridgehead atoms. The van der Waals surface area contributed by atoms with E-state index >= 15 is 0 Å². The highest BCUT2D eigenvalue weighted by Gasteiger charge is 2.40. The Labute approximate surface area is 199 Å². The Morgan fingerprint density at radius 3 is 2.53 bits per heavy atom. The molecule has 0 saturated carbocycles. The highest BCUT2D eigenvalue weighted by Crippen LogP contribution is 2.39. The van der Waals surface area contributed by atoms with Crippen molar-refractivity contribution in [2.24, 2.45) is 5.41 Å². The number of hydrogen-bond donors (Lipinski definition) is 1. The second-order valence-corrected chi connectivity index (χ2v) is 8.67. The van der Waals surface area contributed by atoms with Gasteiger partial charge in [0.05, 0.1) is 13.2 Å². The largest absolute Gasteiger partial charge is 0.463 e. The summed E-state index contributed by atoms with van der Waals surface area (Å²) in [6.45, 7) is 6.50. The minimum atomic E-state index is -0.435. The number of benzene rings is 2. The number of aromatic nitrogens is 4. The highest BCUT2D eigenvalue weighted by atomic mass is 16.5. The van der Waals surface area contributed by atoms with Crippen LogP contribution < -0.4 is 0 Å². The van der Waals surface area contributed by atoms with Gasteiger partial charge in [-0.15, -0.1) is 10.2 Å². The van der Waals surface area contributed by atoms with Crippen LogP contribution in [0.3, 0.4) is 0 Å². The number of carbonyl (C=O) groups is 2. The van der Waals surface area contributed by atoms with E-state index in [2.05, 4.69) is 20.6 Å². The smallest absolute Gasteiger partial charge is 0.332 e. The first-order valence-electron chi connectivity index (χ1n) is 11.6. The van der Waals surface area contributed by atoms with Crippen molar-refractivity contribution >= 4 is 11.9 Å². The van der Waals surface area contributed by atoms with Gasteiger partial charge < -0.3 is 9.64 Å². The third kappa shape index (κ3) is 4.76. The van der Waals surface area contributed by atoms with E-state index in [1.165, 1.54) is 6.08 Å². The van der Waals surface area contributed by atoms with Gasteiger partial charge in [0.15, 0.2) is 0 Å². The summed E-state index contributed by atoms with van der Waals surface area (Å²) in [4.78, 5) is 27.3. The summed E-state index contributed by atoms with van der Waals surface area (Å²) < 4.78 is 5.09. The lowest BCUT2D eigenvalue weighted by Gasteiger charge is -2.40. The molecular weight excluding hydrogens is 430 g/mol. The van der Waals surface area contributed by atoms with Gasteiger partial charge in [-0.05, 0) is 48.1 Å². The van der Waals surface area contributed by atoms with E-state index in [-0.39, 0.29) is 5.91 Å². The minimum Gasteiger partial charge on any atom is -0.463 e.